The standard InChI is InChI=1S/C27H28N2O2/c1-28(26-22-10-4-2-8-20(22)12-14-24(26)30)27-23-11-5-3-9-21(23)13-15-25(27)31-19-18-29-16-6-7-17-29/h2-5,8-15,30H,6-7,16-19H2,1H3. The Labute approximate surface area is 183 Å². The van der Waals surface area contributed by atoms with Gasteiger partial charge in [0.25, 0.3) is 0 Å². The number of hydrogen-bond acceptors (Lipinski definition) is 4. The Bertz CT molecular complexity index is 1210. The summed E-state index contributed by atoms with van der Waals surface area (Å²) in [5, 5.41) is 15.2. The maximum atomic E-state index is 10.8. The summed E-state index contributed by atoms with van der Waals surface area (Å²) in [7, 11) is 2.01. The van der Waals surface area contributed by atoms with Gasteiger partial charge in [0.05, 0.1) is 11.4 Å². The van der Waals surface area contributed by atoms with Crippen LogP contribution in [0.4, 0.5) is 11.4 Å². The van der Waals surface area contributed by atoms with Crippen molar-refractivity contribution < 1.29 is 9.84 Å². The number of aromatic hydroxyl groups is 1. The van der Waals surface area contributed by atoms with Crippen LogP contribution in [0, 0.1) is 0 Å². The van der Waals surface area contributed by atoms with Crippen LogP contribution in [0.15, 0.2) is 72.8 Å². The molecule has 0 amide bonds. The zero-order chi connectivity index (χ0) is 21.2. The van der Waals surface area contributed by atoms with Crippen LogP contribution >= 0.6 is 0 Å². The summed E-state index contributed by atoms with van der Waals surface area (Å²) in [4.78, 5) is 4.53. The summed E-state index contributed by atoms with van der Waals surface area (Å²) in [5.74, 6) is 1.10. The molecule has 4 aromatic rings. The summed E-state index contributed by atoms with van der Waals surface area (Å²) in [6, 6.07) is 24.4. The first-order chi connectivity index (χ1) is 15.2. The summed E-state index contributed by atoms with van der Waals surface area (Å²) in [5.41, 5.74) is 1.77. The van der Waals surface area contributed by atoms with Gasteiger partial charge in [0.1, 0.15) is 18.1 Å². The molecule has 0 saturated carbocycles. The molecule has 4 aromatic carbocycles. The van der Waals surface area contributed by atoms with Gasteiger partial charge >= 0.3 is 0 Å². The highest BCUT2D eigenvalue weighted by Gasteiger charge is 2.20. The number of likely N-dealkylation sites (tertiary alicyclic amines) is 1. The predicted molar refractivity (Wildman–Crippen MR) is 129 cm³/mol. The smallest absolute Gasteiger partial charge is 0.143 e. The van der Waals surface area contributed by atoms with Crippen molar-refractivity contribution in [2.45, 2.75) is 12.8 Å². The first-order valence-corrected chi connectivity index (χ1v) is 11.0. The number of anilines is 2. The normalized spacial score (nSPS) is 14.4. The molecule has 4 heteroatoms. The number of hydrogen-bond donors (Lipinski definition) is 1. The van der Waals surface area contributed by atoms with Crippen LogP contribution in [0.5, 0.6) is 11.5 Å². The van der Waals surface area contributed by atoms with Gasteiger partial charge in [-0.25, -0.2) is 0 Å². The van der Waals surface area contributed by atoms with Gasteiger partial charge in [-0.2, -0.15) is 0 Å². The van der Waals surface area contributed by atoms with Gasteiger partial charge in [-0.3, -0.25) is 4.90 Å². The number of phenolic OH excluding ortho intramolecular Hbond substituents is 1. The minimum atomic E-state index is 0.261. The van der Waals surface area contributed by atoms with Gasteiger partial charge in [-0.1, -0.05) is 60.7 Å². The highest BCUT2D eigenvalue weighted by atomic mass is 16.5. The molecule has 0 bridgehead atoms. The second-order valence-electron chi connectivity index (χ2n) is 8.24. The zero-order valence-corrected chi connectivity index (χ0v) is 17.9. The van der Waals surface area contributed by atoms with Crippen molar-refractivity contribution in [2.24, 2.45) is 0 Å². The Kier molecular flexibility index (Phi) is 5.39. The Balaban J connectivity index is 1.58. The van der Waals surface area contributed by atoms with E-state index >= 15 is 0 Å². The second-order valence-corrected chi connectivity index (χ2v) is 8.24. The van der Waals surface area contributed by atoms with E-state index in [1.54, 1.807) is 6.07 Å². The van der Waals surface area contributed by atoms with Crippen LogP contribution in [0.25, 0.3) is 21.5 Å². The number of benzene rings is 4. The van der Waals surface area contributed by atoms with Gasteiger partial charge in [0.15, 0.2) is 0 Å². The number of ether oxygens (including phenoxy) is 1. The fourth-order valence-corrected chi connectivity index (χ4v) is 4.70. The molecule has 1 aliphatic heterocycles. The van der Waals surface area contributed by atoms with Gasteiger partial charge in [0, 0.05) is 24.4 Å². The summed E-state index contributed by atoms with van der Waals surface area (Å²) >= 11 is 0. The molecule has 1 aliphatic rings. The third-order valence-electron chi connectivity index (χ3n) is 6.28. The van der Waals surface area contributed by atoms with E-state index in [0.29, 0.717) is 6.61 Å². The molecule has 1 fully saturated rings. The lowest BCUT2D eigenvalue weighted by Crippen LogP contribution is -2.25. The molecular formula is C27H28N2O2. The van der Waals surface area contributed by atoms with E-state index in [2.05, 4.69) is 58.3 Å². The third kappa shape index (κ3) is 3.79. The lowest BCUT2D eigenvalue weighted by atomic mass is 10.0. The van der Waals surface area contributed by atoms with Gasteiger partial charge in [0.2, 0.25) is 0 Å². The minimum Gasteiger partial charge on any atom is -0.506 e. The average molecular weight is 413 g/mol. The largest absolute Gasteiger partial charge is 0.506 e. The molecule has 1 heterocycles. The average Bonchev–Trinajstić information content (AvgIpc) is 3.32. The van der Waals surface area contributed by atoms with Crippen LogP contribution in [0.3, 0.4) is 0 Å². The van der Waals surface area contributed by atoms with Crippen molar-refractivity contribution in [1.29, 1.82) is 0 Å². The van der Waals surface area contributed by atoms with Crippen LogP contribution in [0.1, 0.15) is 12.8 Å². The maximum absolute atomic E-state index is 10.8. The molecule has 0 aliphatic carbocycles. The van der Waals surface area contributed by atoms with Gasteiger partial charge in [-0.15, -0.1) is 0 Å². The van der Waals surface area contributed by atoms with E-state index in [1.165, 1.54) is 12.8 Å². The molecule has 0 unspecified atom stereocenters. The van der Waals surface area contributed by atoms with E-state index < -0.39 is 0 Å². The van der Waals surface area contributed by atoms with E-state index in [0.717, 1.165) is 58.3 Å². The molecule has 5 rings (SSSR count). The van der Waals surface area contributed by atoms with E-state index in [1.807, 2.05) is 25.2 Å². The van der Waals surface area contributed by atoms with Crippen LogP contribution in [-0.2, 0) is 0 Å². The molecule has 0 aromatic heterocycles. The van der Waals surface area contributed by atoms with Crippen molar-refractivity contribution in [2.75, 3.05) is 38.2 Å². The topological polar surface area (TPSA) is 35.9 Å². The number of nitrogens with zero attached hydrogens (tertiary/aromatic N) is 2. The fraction of sp³-hybridized carbons (Fsp3) is 0.259. The summed E-state index contributed by atoms with van der Waals surface area (Å²) < 4.78 is 6.34. The van der Waals surface area contributed by atoms with Crippen molar-refractivity contribution in [3.8, 4) is 11.5 Å². The molecule has 0 radical (unpaired) electrons. The SMILES string of the molecule is CN(c1c(O)ccc2ccccc12)c1c(OCCN2CCCC2)ccc2ccccc12. The Hall–Kier alpha value is -3.24. The van der Waals surface area contributed by atoms with Crippen molar-refractivity contribution in [3.63, 3.8) is 0 Å². The molecule has 1 saturated heterocycles. The number of phenols is 1. The highest BCUT2D eigenvalue weighted by Crippen LogP contribution is 2.44. The first-order valence-electron chi connectivity index (χ1n) is 11.0. The maximum Gasteiger partial charge on any atom is 0.143 e. The monoisotopic (exact) mass is 412 g/mol. The third-order valence-corrected chi connectivity index (χ3v) is 6.28. The summed E-state index contributed by atoms with van der Waals surface area (Å²) in [6.07, 6.45) is 2.56. The highest BCUT2D eigenvalue weighted by molar-refractivity contribution is 6.05. The molecule has 31 heavy (non-hydrogen) atoms. The van der Waals surface area contributed by atoms with Crippen LogP contribution < -0.4 is 9.64 Å². The fourth-order valence-electron chi connectivity index (χ4n) is 4.70. The van der Waals surface area contributed by atoms with E-state index in [-0.39, 0.29) is 5.75 Å². The van der Waals surface area contributed by atoms with Crippen molar-refractivity contribution >= 4 is 32.9 Å². The molecule has 0 spiro atoms. The molecule has 1 N–H and O–H groups in total. The predicted octanol–water partition coefficient (Wildman–Crippen LogP) is 5.94. The molecule has 158 valence electrons. The molecule has 4 nitrogen and oxygen atoms in total. The van der Waals surface area contributed by atoms with Crippen LogP contribution in [-0.4, -0.2) is 43.3 Å². The zero-order valence-electron chi connectivity index (χ0n) is 17.9. The number of fused-ring (bicyclic) bond motifs is 2. The number of rotatable bonds is 6. The van der Waals surface area contributed by atoms with Gasteiger partial charge < -0.3 is 14.7 Å². The van der Waals surface area contributed by atoms with Crippen LogP contribution in [0.2, 0.25) is 0 Å². The van der Waals surface area contributed by atoms with Crippen molar-refractivity contribution in [3.05, 3.63) is 72.8 Å². The lowest BCUT2D eigenvalue weighted by molar-refractivity contribution is 0.238. The quantitative estimate of drug-likeness (QED) is 0.425. The Morgan fingerprint density at radius 1 is 0.806 bits per heavy atom. The van der Waals surface area contributed by atoms with Crippen molar-refractivity contribution in [1.82, 2.24) is 4.90 Å². The van der Waals surface area contributed by atoms with E-state index in [4.69, 9.17) is 4.74 Å². The molecular weight excluding hydrogens is 384 g/mol. The summed E-state index contributed by atoms with van der Waals surface area (Å²) in [6.45, 7) is 3.92. The Morgan fingerprint density at radius 3 is 2.13 bits per heavy atom. The van der Waals surface area contributed by atoms with E-state index in [9.17, 15) is 5.11 Å². The van der Waals surface area contributed by atoms with Gasteiger partial charge in [-0.05, 0) is 48.8 Å². The Morgan fingerprint density at radius 2 is 1.42 bits per heavy atom. The molecule has 0 atom stereocenters. The first kappa shape index (κ1) is 19.7. The minimum absolute atomic E-state index is 0.261. The lowest BCUT2D eigenvalue weighted by Gasteiger charge is -2.27. The second kappa shape index (κ2) is 8.48.